The standard InChI is InChI=1S/C14H22N2O3S/c1-8-2-5-10(6-8)15-14(19)16-11(13(17)18)7-20-12(16)9-3-4-9/h8-12H,2-7H2,1H3,(H,15,19)(H,17,18). The highest BCUT2D eigenvalue weighted by molar-refractivity contribution is 8.00. The topological polar surface area (TPSA) is 69.6 Å². The van der Waals surface area contributed by atoms with Crippen LogP contribution in [0.4, 0.5) is 4.79 Å². The van der Waals surface area contributed by atoms with Gasteiger partial charge in [-0.05, 0) is 43.9 Å². The summed E-state index contributed by atoms with van der Waals surface area (Å²) in [4.78, 5) is 25.5. The molecule has 1 aliphatic heterocycles. The zero-order valence-electron chi connectivity index (χ0n) is 11.7. The summed E-state index contributed by atoms with van der Waals surface area (Å²) in [6.45, 7) is 2.20. The lowest BCUT2D eigenvalue weighted by atomic mass is 10.1. The van der Waals surface area contributed by atoms with Gasteiger partial charge >= 0.3 is 12.0 Å². The molecule has 0 bridgehead atoms. The number of carbonyl (C=O) groups excluding carboxylic acids is 1. The second-order valence-electron chi connectivity index (χ2n) is 6.39. The fourth-order valence-electron chi connectivity index (χ4n) is 3.31. The molecule has 3 fully saturated rings. The predicted octanol–water partition coefficient (Wildman–Crippen LogP) is 2.12. The number of hydrogen-bond donors (Lipinski definition) is 2. The minimum Gasteiger partial charge on any atom is -0.480 e. The van der Waals surface area contributed by atoms with Crippen molar-refractivity contribution in [1.82, 2.24) is 10.2 Å². The fraction of sp³-hybridized carbons (Fsp3) is 0.857. The maximum absolute atomic E-state index is 12.5. The zero-order valence-corrected chi connectivity index (χ0v) is 12.6. The summed E-state index contributed by atoms with van der Waals surface area (Å²) in [6.07, 6.45) is 5.41. The summed E-state index contributed by atoms with van der Waals surface area (Å²) >= 11 is 1.63. The molecule has 112 valence electrons. The van der Waals surface area contributed by atoms with Crippen molar-refractivity contribution in [2.45, 2.75) is 56.5 Å². The number of urea groups is 1. The average molecular weight is 298 g/mol. The molecule has 4 atom stereocenters. The van der Waals surface area contributed by atoms with Gasteiger partial charge in [-0.25, -0.2) is 9.59 Å². The summed E-state index contributed by atoms with van der Waals surface area (Å²) in [5.74, 6) is 0.793. The first-order valence-electron chi connectivity index (χ1n) is 7.49. The van der Waals surface area contributed by atoms with Crippen molar-refractivity contribution >= 4 is 23.8 Å². The molecule has 20 heavy (non-hydrogen) atoms. The fourth-order valence-corrected chi connectivity index (χ4v) is 4.94. The highest BCUT2D eigenvalue weighted by Crippen LogP contribution is 2.45. The molecule has 0 spiro atoms. The lowest BCUT2D eigenvalue weighted by molar-refractivity contribution is -0.141. The number of carbonyl (C=O) groups is 2. The first-order chi connectivity index (χ1) is 9.56. The highest BCUT2D eigenvalue weighted by atomic mass is 32.2. The minimum atomic E-state index is -0.879. The SMILES string of the molecule is CC1CCC(NC(=O)N2C(C(=O)O)CSC2C2CC2)C1. The van der Waals surface area contributed by atoms with Crippen molar-refractivity contribution in [3.8, 4) is 0 Å². The molecule has 5 nitrogen and oxygen atoms in total. The molecule has 3 aliphatic rings. The van der Waals surface area contributed by atoms with E-state index in [-0.39, 0.29) is 17.4 Å². The molecule has 2 aliphatic carbocycles. The molecule has 2 saturated carbocycles. The molecule has 4 unspecified atom stereocenters. The Bertz CT molecular complexity index is 413. The van der Waals surface area contributed by atoms with Crippen molar-refractivity contribution in [2.75, 3.05) is 5.75 Å². The van der Waals surface area contributed by atoms with Crippen molar-refractivity contribution in [3.05, 3.63) is 0 Å². The summed E-state index contributed by atoms with van der Waals surface area (Å²) in [7, 11) is 0. The number of nitrogens with one attached hydrogen (secondary N) is 1. The number of hydrogen-bond acceptors (Lipinski definition) is 3. The smallest absolute Gasteiger partial charge is 0.327 e. The van der Waals surface area contributed by atoms with Gasteiger partial charge < -0.3 is 10.4 Å². The lowest BCUT2D eigenvalue weighted by Gasteiger charge is -2.29. The molecule has 2 amide bonds. The van der Waals surface area contributed by atoms with E-state index in [0.717, 1.165) is 32.1 Å². The van der Waals surface area contributed by atoms with Crippen LogP contribution in [0.15, 0.2) is 0 Å². The lowest BCUT2D eigenvalue weighted by Crippen LogP contribution is -2.52. The first-order valence-corrected chi connectivity index (χ1v) is 8.54. The molecular weight excluding hydrogens is 276 g/mol. The Balaban J connectivity index is 1.67. The predicted molar refractivity (Wildman–Crippen MR) is 77.6 cm³/mol. The second kappa shape index (κ2) is 5.47. The van der Waals surface area contributed by atoms with Crippen molar-refractivity contribution in [3.63, 3.8) is 0 Å². The molecular formula is C14H22N2O3S. The maximum atomic E-state index is 12.5. The van der Waals surface area contributed by atoms with Crippen molar-refractivity contribution in [1.29, 1.82) is 0 Å². The van der Waals surface area contributed by atoms with Gasteiger partial charge in [0.2, 0.25) is 0 Å². The van der Waals surface area contributed by atoms with E-state index in [2.05, 4.69) is 12.2 Å². The van der Waals surface area contributed by atoms with E-state index < -0.39 is 12.0 Å². The van der Waals surface area contributed by atoms with Crippen LogP contribution in [0.2, 0.25) is 0 Å². The van der Waals surface area contributed by atoms with Crippen molar-refractivity contribution < 1.29 is 14.7 Å². The summed E-state index contributed by atoms with van der Waals surface area (Å²) in [5.41, 5.74) is 0. The van der Waals surface area contributed by atoms with Gasteiger partial charge in [0.25, 0.3) is 0 Å². The van der Waals surface area contributed by atoms with Crippen LogP contribution in [-0.2, 0) is 4.79 Å². The minimum absolute atomic E-state index is 0.0647. The Morgan fingerprint density at radius 2 is 2.00 bits per heavy atom. The Hall–Kier alpha value is -0.910. The molecule has 0 aromatic heterocycles. The van der Waals surface area contributed by atoms with E-state index in [0.29, 0.717) is 17.6 Å². The Morgan fingerprint density at radius 1 is 1.25 bits per heavy atom. The quantitative estimate of drug-likeness (QED) is 0.837. The number of carboxylic acid groups (broad SMARTS) is 1. The second-order valence-corrected chi connectivity index (χ2v) is 7.54. The summed E-state index contributed by atoms with van der Waals surface area (Å²) in [5, 5.41) is 12.4. The van der Waals surface area contributed by atoms with Crippen LogP contribution < -0.4 is 5.32 Å². The van der Waals surface area contributed by atoms with Crippen LogP contribution in [0.3, 0.4) is 0 Å². The van der Waals surface area contributed by atoms with E-state index >= 15 is 0 Å². The Kier molecular flexibility index (Phi) is 3.84. The van der Waals surface area contributed by atoms with Gasteiger partial charge in [-0.15, -0.1) is 11.8 Å². The number of aliphatic carboxylic acids is 1. The number of amides is 2. The van der Waals surface area contributed by atoms with Crippen LogP contribution >= 0.6 is 11.8 Å². The number of nitrogens with zero attached hydrogens (tertiary/aromatic N) is 1. The van der Waals surface area contributed by atoms with E-state index in [1.54, 1.807) is 16.7 Å². The van der Waals surface area contributed by atoms with Gasteiger partial charge in [-0.2, -0.15) is 0 Å². The van der Waals surface area contributed by atoms with E-state index in [1.165, 1.54) is 0 Å². The van der Waals surface area contributed by atoms with E-state index in [9.17, 15) is 14.7 Å². The van der Waals surface area contributed by atoms with Crippen LogP contribution in [0.25, 0.3) is 0 Å². The summed E-state index contributed by atoms with van der Waals surface area (Å²) < 4.78 is 0. The van der Waals surface area contributed by atoms with Crippen LogP contribution in [0.5, 0.6) is 0 Å². The number of rotatable bonds is 3. The van der Waals surface area contributed by atoms with Gasteiger partial charge in [0.1, 0.15) is 6.04 Å². The number of thioether (sulfide) groups is 1. The third-order valence-corrected chi connectivity index (χ3v) is 6.06. The maximum Gasteiger partial charge on any atom is 0.327 e. The van der Waals surface area contributed by atoms with E-state index in [1.807, 2.05) is 0 Å². The normalized spacial score (nSPS) is 37.1. The van der Waals surface area contributed by atoms with Crippen LogP contribution in [0.1, 0.15) is 39.0 Å². The molecule has 1 saturated heterocycles. The molecule has 6 heteroatoms. The molecule has 0 aromatic carbocycles. The molecule has 0 aromatic rings. The zero-order chi connectivity index (χ0) is 14.3. The van der Waals surface area contributed by atoms with E-state index in [4.69, 9.17) is 0 Å². The summed E-state index contributed by atoms with van der Waals surface area (Å²) in [6, 6.07) is -0.611. The Morgan fingerprint density at radius 3 is 2.55 bits per heavy atom. The van der Waals surface area contributed by atoms with Crippen LogP contribution in [-0.4, -0.2) is 45.2 Å². The molecule has 1 heterocycles. The molecule has 3 rings (SSSR count). The monoisotopic (exact) mass is 298 g/mol. The van der Waals surface area contributed by atoms with Gasteiger partial charge in [0.15, 0.2) is 0 Å². The first kappa shape index (κ1) is 14.0. The Labute approximate surface area is 123 Å². The van der Waals surface area contributed by atoms with Gasteiger partial charge in [0, 0.05) is 11.8 Å². The molecule has 0 radical (unpaired) electrons. The van der Waals surface area contributed by atoms with Gasteiger partial charge in [0.05, 0.1) is 5.37 Å². The average Bonchev–Trinajstić information content (AvgIpc) is 3.00. The third-order valence-electron chi connectivity index (χ3n) is 4.60. The molecule has 2 N–H and O–H groups in total. The van der Waals surface area contributed by atoms with Gasteiger partial charge in [-0.1, -0.05) is 6.92 Å². The largest absolute Gasteiger partial charge is 0.480 e. The van der Waals surface area contributed by atoms with Gasteiger partial charge in [-0.3, -0.25) is 4.90 Å². The van der Waals surface area contributed by atoms with Crippen molar-refractivity contribution in [2.24, 2.45) is 11.8 Å². The third kappa shape index (κ3) is 2.75. The van der Waals surface area contributed by atoms with Crippen LogP contribution in [0, 0.1) is 11.8 Å². The number of carboxylic acids is 1. The highest BCUT2D eigenvalue weighted by Gasteiger charge is 2.48.